The monoisotopic (exact) mass is 395 g/mol. The minimum absolute atomic E-state index is 0.135. The molecule has 0 saturated carbocycles. The lowest BCUT2D eigenvalue weighted by Gasteiger charge is -2.32. The van der Waals surface area contributed by atoms with E-state index in [0.717, 1.165) is 46.7 Å². The van der Waals surface area contributed by atoms with Crippen molar-refractivity contribution in [3.05, 3.63) is 53.2 Å². The van der Waals surface area contributed by atoms with Gasteiger partial charge in [0.25, 0.3) is 0 Å². The largest absolute Gasteiger partial charge is 0.497 e. The van der Waals surface area contributed by atoms with Crippen molar-refractivity contribution in [3.8, 4) is 17.2 Å². The molecule has 2 N–H and O–H groups in total. The third kappa shape index (κ3) is 3.44. The lowest BCUT2D eigenvalue weighted by molar-refractivity contribution is -0.923. The number of carbonyl (C=O) groups is 1. The van der Waals surface area contributed by atoms with Gasteiger partial charge in [-0.1, -0.05) is 0 Å². The first-order valence-corrected chi connectivity index (χ1v) is 9.83. The minimum Gasteiger partial charge on any atom is -0.497 e. The normalized spacial score (nSPS) is 18.3. The number of methoxy groups -OCH3 is 3. The molecular formula is C23H27N2O4+. The summed E-state index contributed by atoms with van der Waals surface area (Å²) in [5, 5.41) is 0.908. The van der Waals surface area contributed by atoms with E-state index in [0.29, 0.717) is 6.54 Å². The highest BCUT2D eigenvalue weighted by molar-refractivity contribution is 6.08. The Labute approximate surface area is 170 Å². The predicted octanol–water partition coefficient (Wildman–Crippen LogP) is 2.58. The number of hydrogen-bond donors (Lipinski definition) is 2. The van der Waals surface area contributed by atoms with Crippen molar-refractivity contribution in [1.29, 1.82) is 0 Å². The van der Waals surface area contributed by atoms with E-state index in [2.05, 4.69) is 24.0 Å². The van der Waals surface area contributed by atoms with Gasteiger partial charge in [0.05, 0.1) is 27.9 Å². The molecule has 0 saturated heterocycles. The van der Waals surface area contributed by atoms with Crippen LogP contribution in [0.5, 0.6) is 17.2 Å². The molecule has 6 heteroatoms. The van der Waals surface area contributed by atoms with Crippen molar-refractivity contribution in [2.45, 2.75) is 19.4 Å². The Bertz CT molecular complexity index is 1060. The Morgan fingerprint density at radius 1 is 1.10 bits per heavy atom. The van der Waals surface area contributed by atoms with E-state index in [1.165, 1.54) is 16.0 Å². The molecule has 1 aliphatic rings. The van der Waals surface area contributed by atoms with Gasteiger partial charge in [0.15, 0.2) is 11.5 Å². The fourth-order valence-electron chi connectivity index (χ4n) is 4.29. The second kappa shape index (κ2) is 7.79. The number of fused-ring (bicyclic) bond motifs is 2. The van der Waals surface area contributed by atoms with Crippen molar-refractivity contribution < 1.29 is 23.9 Å². The molecule has 0 radical (unpaired) electrons. The first-order chi connectivity index (χ1) is 14.0. The van der Waals surface area contributed by atoms with Gasteiger partial charge < -0.3 is 24.1 Å². The molecule has 0 fully saturated rings. The van der Waals surface area contributed by atoms with Crippen LogP contribution in [0, 0.1) is 0 Å². The highest BCUT2D eigenvalue weighted by atomic mass is 16.5. The number of carbonyl (C=O) groups excluding carboxylic acids is 1. The van der Waals surface area contributed by atoms with E-state index in [4.69, 9.17) is 14.2 Å². The molecule has 152 valence electrons. The Morgan fingerprint density at radius 2 is 1.86 bits per heavy atom. The van der Waals surface area contributed by atoms with Crippen LogP contribution in [0.2, 0.25) is 0 Å². The summed E-state index contributed by atoms with van der Waals surface area (Å²) in [6.07, 6.45) is 2.71. The summed E-state index contributed by atoms with van der Waals surface area (Å²) in [5.41, 5.74) is 4.15. The van der Waals surface area contributed by atoms with Crippen LogP contribution >= 0.6 is 0 Å². The highest BCUT2D eigenvalue weighted by Gasteiger charge is 2.31. The van der Waals surface area contributed by atoms with Gasteiger partial charge >= 0.3 is 0 Å². The summed E-state index contributed by atoms with van der Waals surface area (Å²) in [4.78, 5) is 17.6. The quantitative estimate of drug-likeness (QED) is 0.630. The van der Waals surface area contributed by atoms with Crippen LogP contribution in [0.25, 0.3) is 10.9 Å². The molecule has 0 amide bonds. The number of aromatic amines is 1. The van der Waals surface area contributed by atoms with Gasteiger partial charge in [0.1, 0.15) is 18.3 Å². The van der Waals surface area contributed by atoms with Gasteiger partial charge in [-0.2, -0.15) is 0 Å². The molecule has 1 aromatic heterocycles. The summed E-state index contributed by atoms with van der Waals surface area (Å²) in [5.74, 6) is 2.37. The van der Waals surface area contributed by atoms with Crippen molar-refractivity contribution in [1.82, 2.24) is 4.98 Å². The molecule has 1 aliphatic heterocycles. The van der Waals surface area contributed by atoms with Gasteiger partial charge in [0, 0.05) is 34.6 Å². The minimum atomic E-state index is 0.135. The highest BCUT2D eigenvalue weighted by Crippen LogP contribution is 2.34. The van der Waals surface area contributed by atoms with Crippen LogP contribution in [-0.2, 0) is 6.42 Å². The second-order valence-electron chi connectivity index (χ2n) is 7.50. The Hall–Kier alpha value is -2.99. The summed E-state index contributed by atoms with van der Waals surface area (Å²) in [6, 6.07) is 10.1. The number of Topliss-reactive ketones (excluding diaryl/α,β-unsaturated/α-hetero) is 1. The van der Waals surface area contributed by atoms with Gasteiger partial charge in [0.2, 0.25) is 5.78 Å². The lowest BCUT2D eigenvalue weighted by atomic mass is 9.92. The van der Waals surface area contributed by atoms with Gasteiger partial charge in [-0.05, 0) is 42.8 Å². The number of hydrogen-bond acceptors (Lipinski definition) is 4. The summed E-state index contributed by atoms with van der Waals surface area (Å²) in [6.45, 7) is 3.52. The summed E-state index contributed by atoms with van der Waals surface area (Å²) < 4.78 is 16.2. The zero-order chi connectivity index (χ0) is 20.5. The summed E-state index contributed by atoms with van der Waals surface area (Å²) in [7, 11) is 4.94. The number of aromatic nitrogens is 1. The molecule has 29 heavy (non-hydrogen) atoms. The van der Waals surface area contributed by atoms with E-state index in [-0.39, 0.29) is 11.8 Å². The van der Waals surface area contributed by atoms with Crippen molar-refractivity contribution >= 4 is 16.7 Å². The maximum absolute atomic E-state index is 13.1. The van der Waals surface area contributed by atoms with Gasteiger partial charge in [-0.25, -0.2) is 0 Å². The topological polar surface area (TPSA) is 65.0 Å². The van der Waals surface area contributed by atoms with Crippen molar-refractivity contribution in [2.24, 2.45) is 0 Å². The first-order valence-electron chi connectivity index (χ1n) is 9.83. The second-order valence-corrected chi connectivity index (χ2v) is 7.50. The average molecular weight is 395 g/mol. The molecule has 0 spiro atoms. The van der Waals surface area contributed by atoms with E-state index < -0.39 is 0 Å². The van der Waals surface area contributed by atoms with Crippen LogP contribution in [0.15, 0.2) is 36.5 Å². The number of benzene rings is 2. The van der Waals surface area contributed by atoms with E-state index in [1.807, 2.05) is 24.4 Å². The maximum Gasteiger partial charge on any atom is 0.219 e. The van der Waals surface area contributed by atoms with Crippen molar-refractivity contribution in [3.63, 3.8) is 0 Å². The third-order valence-corrected chi connectivity index (χ3v) is 6.02. The zero-order valence-corrected chi connectivity index (χ0v) is 17.3. The van der Waals surface area contributed by atoms with E-state index >= 15 is 0 Å². The Morgan fingerprint density at radius 3 is 2.59 bits per heavy atom. The summed E-state index contributed by atoms with van der Waals surface area (Å²) >= 11 is 0. The van der Waals surface area contributed by atoms with Crippen LogP contribution in [0.4, 0.5) is 0 Å². The smallest absolute Gasteiger partial charge is 0.219 e. The molecular weight excluding hydrogens is 368 g/mol. The number of rotatable bonds is 6. The van der Waals surface area contributed by atoms with Crippen LogP contribution in [-0.4, -0.2) is 45.2 Å². The number of ether oxygens (including phenoxy) is 3. The molecule has 4 rings (SSSR count). The fraction of sp³-hybridized carbons (Fsp3) is 0.348. The van der Waals surface area contributed by atoms with Crippen LogP contribution in [0.1, 0.15) is 34.5 Å². The SMILES string of the molecule is COc1ccc2[nH]cc(C(=O)C[NH+]3CCc4cc(OC)c(OC)cc4[C@H]3C)c2c1. The molecule has 2 atom stereocenters. The molecule has 2 heterocycles. The third-order valence-electron chi connectivity index (χ3n) is 6.02. The number of ketones is 1. The number of nitrogens with one attached hydrogen (secondary N) is 2. The molecule has 6 nitrogen and oxygen atoms in total. The Kier molecular flexibility index (Phi) is 5.20. The van der Waals surface area contributed by atoms with Gasteiger partial charge in [-0.15, -0.1) is 0 Å². The molecule has 3 aromatic rings. The average Bonchev–Trinajstić information content (AvgIpc) is 3.18. The van der Waals surface area contributed by atoms with Crippen LogP contribution < -0.4 is 19.1 Å². The predicted molar refractivity (Wildman–Crippen MR) is 112 cm³/mol. The maximum atomic E-state index is 13.1. The van der Waals surface area contributed by atoms with Gasteiger partial charge in [-0.3, -0.25) is 4.79 Å². The van der Waals surface area contributed by atoms with E-state index in [1.54, 1.807) is 21.3 Å². The van der Waals surface area contributed by atoms with Crippen LogP contribution in [0.3, 0.4) is 0 Å². The number of H-pyrrole nitrogens is 1. The fourth-order valence-corrected chi connectivity index (χ4v) is 4.29. The first kappa shape index (κ1) is 19.3. The Balaban J connectivity index is 1.59. The lowest BCUT2D eigenvalue weighted by Crippen LogP contribution is -3.13. The zero-order valence-electron chi connectivity index (χ0n) is 17.3. The van der Waals surface area contributed by atoms with Crippen molar-refractivity contribution in [2.75, 3.05) is 34.4 Å². The number of quaternary nitrogens is 1. The van der Waals surface area contributed by atoms with E-state index in [9.17, 15) is 4.79 Å². The molecule has 1 unspecified atom stereocenters. The molecule has 0 aliphatic carbocycles. The standard InChI is InChI=1S/C23H26N2O4/c1-14-17-11-23(29-4)22(28-3)9-15(17)7-8-25(14)13-21(26)19-12-24-20-6-5-16(27-2)10-18(19)20/h5-6,9-12,14,24H,7-8,13H2,1-4H3/p+1/t14-/m1/s1. The molecule has 2 aromatic carbocycles. The molecule has 0 bridgehead atoms.